The number of rotatable bonds is 6. The number of carbonyl (C=O) groups is 1. The second-order valence-electron chi connectivity index (χ2n) is 5.54. The number of nitrogens with two attached hydrogens (primary N) is 1. The quantitative estimate of drug-likeness (QED) is 0.836. The Kier molecular flexibility index (Phi) is 5.85. The molecule has 1 atom stereocenters. The number of morpholine rings is 1. The van der Waals surface area contributed by atoms with Gasteiger partial charge in [-0.05, 0) is 17.7 Å². The summed E-state index contributed by atoms with van der Waals surface area (Å²) in [6, 6.07) is 5.13. The number of methoxy groups -OCH3 is 1. The highest BCUT2D eigenvalue weighted by atomic mass is 32.1. The monoisotopic (exact) mass is 363 g/mol. The van der Waals surface area contributed by atoms with Crippen LogP contribution in [0, 0.1) is 0 Å². The van der Waals surface area contributed by atoms with Gasteiger partial charge in [-0.3, -0.25) is 4.79 Å². The Morgan fingerprint density at radius 1 is 1.40 bits per heavy atom. The molecule has 1 aliphatic rings. The molecule has 1 fully saturated rings. The van der Waals surface area contributed by atoms with Crippen LogP contribution in [0.5, 0.6) is 11.5 Å². The van der Waals surface area contributed by atoms with E-state index in [0.717, 1.165) is 10.6 Å². The number of nitrogens with zero attached hydrogens (tertiary/aromatic N) is 2. The van der Waals surface area contributed by atoms with Gasteiger partial charge in [0.25, 0.3) is 5.91 Å². The first-order valence-corrected chi connectivity index (χ1v) is 8.88. The van der Waals surface area contributed by atoms with Gasteiger partial charge in [0.2, 0.25) is 0 Å². The Hall–Kier alpha value is -2.16. The third-order valence-electron chi connectivity index (χ3n) is 3.98. The molecule has 1 aliphatic heterocycles. The molecule has 8 heteroatoms. The summed E-state index contributed by atoms with van der Waals surface area (Å²) in [7, 11) is 1.56. The molecule has 2 N–H and O–H groups in total. The fraction of sp³-hybridized carbons (Fsp3) is 0.412. The largest absolute Gasteiger partial charge is 0.493 e. The summed E-state index contributed by atoms with van der Waals surface area (Å²) in [6.45, 7) is 2.30. The summed E-state index contributed by atoms with van der Waals surface area (Å²) in [5.41, 5.74) is 7.11. The number of thiazole rings is 1. The Morgan fingerprint density at radius 3 is 2.88 bits per heavy atom. The van der Waals surface area contributed by atoms with Gasteiger partial charge in [-0.1, -0.05) is 6.07 Å². The number of amides is 1. The molecule has 1 aromatic heterocycles. The summed E-state index contributed by atoms with van der Waals surface area (Å²) in [5, 5.41) is 2.72. The van der Waals surface area contributed by atoms with Gasteiger partial charge in [0.15, 0.2) is 18.1 Å². The fourth-order valence-electron chi connectivity index (χ4n) is 2.57. The van der Waals surface area contributed by atoms with Crippen molar-refractivity contribution in [2.24, 2.45) is 5.73 Å². The van der Waals surface area contributed by atoms with Crippen molar-refractivity contribution in [2.75, 3.05) is 40.0 Å². The van der Waals surface area contributed by atoms with Crippen molar-refractivity contribution in [3.05, 3.63) is 40.3 Å². The Bertz CT molecular complexity index is 702. The number of benzene rings is 1. The lowest BCUT2D eigenvalue weighted by Crippen LogP contribution is -2.43. The second-order valence-corrected chi connectivity index (χ2v) is 6.47. The van der Waals surface area contributed by atoms with Crippen molar-refractivity contribution in [3.8, 4) is 11.5 Å². The molecule has 1 unspecified atom stereocenters. The van der Waals surface area contributed by atoms with E-state index in [4.69, 9.17) is 19.9 Å². The van der Waals surface area contributed by atoms with Crippen molar-refractivity contribution in [2.45, 2.75) is 6.04 Å². The lowest BCUT2D eigenvalue weighted by molar-refractivity contribution is -0.137. The minimum Gasteiger partial charge on any atom is -0.493 e. The van der Waals surface area contributed by atoms with E-state index in [2.05, 4.69) is 4.98 Å². The van der Waals surface area contributed by atoms with Gasteiger partial charge in [0.1, 0.15) is 5.01 Å². The SMILES string of the molecule is COc1cc(C(N)c2nccs2)ccc1OCC(=O)N1CCOCC1. The van der Waals surface area contributed by atoms with Crippen LogP contribution >= 0.6 is 11.3 Å². The van der Waals surface area contributed by atoms with Crippen molar-refractivity contribution in [1.82, 2.24) is 9.88 Å². The lowest BCUT2D eigenvalue weighted by Gasteiger charge is -2.26. The van der Waals surface area contributed by atoms with Crippen LogP contribution < -0.4 is 15.2 Å². The van der Waals surface area contributed by atoms with Gasteiger partial charge in [0.05, 0.1) is 26.4 Å². The molecule has 7 nitrogen and oxygen atoms in total. The normalized spacial score (nSPS) is 15.7. The minimum atomic E-state index is -0.321. The smallest absolute Gasteiger partial charge is 0.260 e. The second kappa shape index (κ2) is 8.28. The maximum Gasteiger partial charge on any atom is 0.260 e. The zero-order valence-electron chi connectivity index (χ0n) is 14.0. The molecule has 0 spiro atoms. The zero-order valence-corrected chi connectivity index (χ0v) is 14.8. The molecule has 0 bridgehead atoms. The Balaban J connectivity index is 1.66. The third-order valence-corrected chi connectivity index (χ3v) is 4.84. The molecule has 0 radical (unpaired) electrons. The Morgan fingerprint density at radius 2 is 2.20 bits per heavy atom. The fourth-order valence-corrected chi connectivity index (χ4v) is 3.24. The predicted molar refractivity (Wildman–Crippen MR) is 94.0 cm³/mol. The van der Waals surface area contributed by atoms with Gasteiger partial charge >= 0.3 is 0 Å². The summed E-state index contributed by atoms with van der Waals surface area (Å²) < 4.78 is 16.3. The average molecular weight is 363 g/mol. The molecule has 1 aromatic carbocycles. The number of hydrogen-bond donors (Lipinski definition) is 1. The zero-order chi connectivity index (χ0) is 17.6. The van der Waals surface area contributed by atoms with Crippen molar-refractivity contribution >= 4 is 17.2 Å². The van der Waals surface area contributed by atoms with E-state index in [1.54, 1.807) is 24.3 Å². The van der Waals surface area contributed by atoms with E-state index in [1.165, 1.54) is 11.3 Å². The molecule has 0 aliphatic carbocycles. The molecule has 2 aromatic rings. The van der Waals surface area contributed by atoms with Crippen LogP contribution in [0.25, 0.3) is 0 Å². The first-order valence-electron chi connectivity index (χ1n) is 8.00. The van der Waals surface area contributed by atoms with E-state index in [1.807, 2.05) is 17.5 Å². The number of ether oxygens (including phenoxy) is 3. The molecule has 2 heterocycles. The van der Waals surface area contributed by atoms with Crippen LogP contribution in [0.4, 0.5) is 0 Å². The minimum absolute atomic E-state index is 0.0335. The molecular weight excluding hydrogens is 342 g/mol. The maximum atomic E-state index is 12.2. The topological polar surface area (TPSA) is 86.9 Å². The van der Waals surface area contributed by atoms with Crippen molar-refractivity contribution in [1.29, 1.82) is 0 Å². The first kappa shape index (κ1) is 17.7. The van der Waals surface area contributed by atoms with E-state index in [-0.39, 0.29) is 18.6 Å². The van der Waals surface area contributed by atoms with E-state index >= 15 is 0 Å². The highest BCUT2D eigenvalue weighted by Crippen LogP contribution is 2.32. The van der Waals surface area contributed by atoms with E-state index in [0.29, 0.717) is 37.8 Å². The van der Waals surface area contributed by atoms with Crippen LogP contribution in [0.1, 0.15) is 16.6 Å². The summed E-state index contributed by atoms with van der Waals surface area (Å²) in [6.07, 6.45) is 1.73. The Labute approximate surface area is 150 Å². The van der Waals surface area contributed by atoms with E-state index < -0.39 is 0 Å². The van der Waals surface area contributed by atoms with Gasteiger partial charge in [-0.15, -0.1) is 11.3 Å². The highest BCUT2D eigenvalue weighted by Gasteiger charge is 2.19. The van der Waals surface area contributed by atoms with Crippen LogP contribution in [0.3, 0.4) is 0 Å². The maximum absolute atomic E-state index is 12.2. The molecule has 3 rings (SSSR count). The average Bonchev–Trinajstić information content (AvgIpc) is 3.20. The molecule has 1 saturated heterocycles. The van der Waals surface area contributed by atoms with Gasteiger partial charge < -0.3 is 24.8 Å². The molecule has 134 valence electrons. The van der Waals surface area contributed by atoms with Gasteiger partial charge in [-0.25, -0.2) is 4.98 Å². The van der Waals surface area contributed by atoms with Crippen molar-refractivity contribution in [3.63, 3.8) is 0 Å². The first-order chi connectivity index (χ1) is 12.2. The van der Waals surface area contributed by atoms with Crippen molar-refractivity contribution < 1.29 is 19.0 Å². The molecule has 1 amide bonds. The van der Waals surface area contributed by atoms with Gasteiger partial charge in [-0.2, -0.15) is 0 Å². The van der Waals surface area contributed by atoms with Crippen LogP contribution in [-0.2, 0) is 9.53 Å². The number of carbonyl (C=O) groups excluding carboxylic acids is 1. The predicted octanol–water partition coefficient (Wildman–Crippen LogP) is 1.44. The summed E-state index contributed by atoms with van der Waals surface area (Å²) >= 11 is 1.50. The molecule has 0 saturated carbocycles. The third kappa shape index (κ3) is 4.28. The molecular formula is C17H21N3O4S. The van der Waals surface area contributed by atoms with Gasteiger partial charge in [0, 0.05) is 24.7 Å². The van der Waals surface area contributed by atoms with Crippen LogP contribution in [-0.4, -0.2) is 55.8 Å². The number of aromatic nitrogens is 1. The highest BCUT2D eigenvalue weighted by molar-refractivity contribution is 7.09. The van der Waals surface area contributed by atoms with Crippen LogP contribution in [0.2, 0.25) is 0 Å². The molecule has 25 heavy (non-hydrogen) atoms. The van der Waals surface area contributed by atoms with E-state index in [9.17, 15) is 4.79 Å². The lowest BCUT2D eigenvalue weighted by atomic mass is 10.1. The number of hydrogen-bond acceptors (Lipinski definition) is 7. The van der Waals surface area contributed by atoms with Crippen LogP contribution in [0.15, 0.2) is 29.8 Å². The standard InChI is InChI=1S/C17H21N3O4S/c1-22-14-10-12(16(18)17-19-4-9-25-17)2-3-13(14)24-11-15(21)20-5-7-23-8-6-20/h2-4,9-10,16H,5-8,11,18H2,1H3. The summed E-state index contributed by atoms with van der Waals surface area (Å²) in [5.74, 6) is 0.993. The summed E-state index contributed by atoms with van der Waals surface area (Å²) in [4.78, 5) is 18.2.